The molecule has 0 saturated heterocycles. The maximum absolute atomic E-state index is 12.1. The van der Waals surface area contributed by atoms with Crippen molar-refractivity contribution in [3.8, 4) is 0 Å². The molecule has 19 heavy (non-hydrogen) atoms. The third kappa shape index (κ3) is 2.44. The number of hydrogen-bond acceptors (Lipinski definition) is 2. The number of fused-ring (bicyclic) bond motifs is 2. The van der Waals surface area contributed by atoms with Crippen LogP contribution in [0.1, 0.15) is 43.0 Å². The van der Waals surface area contributed by atoms with Gasteiger partial charge in [-0.05, 0) is 43.9 Å². The molecule has 4 atom stereocenters. The Morgan fingerprint density at radius 1 is 1.37 bits per heavy atom. The van der Waals surface area contributed by atoms with E-state index in [1.54, 1.807) is 12.1 Å². The minimum Gasteiger partial charge on any atom is -0.619 e. The number of nitrogens with one attached hydrogen (secondary N) is 1. The SMILES string of the molecule is C[C@H](NC(=O)c1cc[n+]([O-])cc1)[C@@H]1C[C@H]2CC[C@H]1C2. The van der Waals surface area contributed by atoms with Crippen LogP contribution in [0.25, 0.3) is 0 Å². The van der Waals surface area contributed by atoms with Crippen molar-refractivity contribution in [3.05, 3.63) is 35.3 Å². The number of carbonyl (C=O) groups excluding carboxylic acids is 1. The molecule has 2 saturated carbocycles. The minimum atomic E-state index is -0.0733. The highest BCUT2D eigenvalue weighted by Gasteiger charge is 2.42. The molecular weight excluding hydrogens is 240 g/mol. The van der Waals surface area contributed by atoms with E-state index >= 15 is 0 Å². The molecule has 0 spiro atoms. The maximum atomic E-state index is 12.1. The zero-order valence-electron chi connectivity index (χ0n) is 11.2. The highest BCUT2D eigenvalue weighted by atomic mass is 16.5. The van der Waals surface area contributed by atoms with Crippen molar-refractivity contribution in [2.24, 2.45) is 17.8 Å². The Morgan fingerprint density at radius 2 is 2.11 bits per heavy atom. The van der Waals surface area contributed by atoms with Gasteiger partial charge in [-0.2, -0.15) is 4.73 Å². The number of amides is 1. The lowest BCUT2D eigenvalue weighted by atomic mass is 9.84. The number of carbonyl (C=O) groups is 1. The molecule has 4 heteroatoms. The molecule has 102 valence electrons. The summed E-state index contributed by atoms with van der Waals surface area (Å²) in [5, 5.41) is 14.0. The van der Waals surface area contributed by atoms with E-state index in [1.165, 1.54) is 38.1 Å². The van der Waals surface area contributed by atoms with E-state index in [-0.39, 0.29) is 11.9 Å². The summed E-state index contributed by atoms with van der Waals surface area (Å²) in [6.45, 7) is 2.11. The second-order valence-electron chi connectivity index (χ2n) is 6.05. The third-order valence-corrected chi connectivity index (χ3v) is 4.86. The van der Waals surface area contributed by atoms with Gasteiger partial charge in [-0.3, -0.25) is 4.79 Å². The molecule has 0 unspecified atom stereocenters. The van der Waals surface area contributed by atoms with Crippen LogP contribution in [0.4, 0.5) is 0 Å². The fraction of sp³-hybridized carbons (Fsp3) is 0.600. The first-order valence-electron chi connectivity index (χ1n) is 7.13. The van der Waals surface area contributed by atoms with Crippen molar-refractivity contribution in [2.75, 3.05) is 0 Å². The molecule has 0 aromatic carbocycles. The summed E-state index contributed by atoms with van der Waals surface area (Å²) >= 11 is 0. The van der Waals surface area contributed by atoms with Crippen LogP contribution in [0.5, 0.6) is 0 Å². The average molecular weight is 260 g/mol. The first-order chi connectivity index (χ1) is 9.13. The van der Waals surface area contributed by atoms with Crippen LogP contribution in [0.15, 0.2) is 24.5 Å². The zero-order chi connectivity index (χ0) is 13.4. The molecule has 1 heterocycles. The second kappa shape index (κ2) is 4.83. The summed E-state index contributed by atoms with van der Waals surface area (Å²) in [5.41, 5.74) is 0.558. The Labute approximate surface area is 113 Å². The average Bonchev–Trinajstić information content (AvgIpc) is 3.01. The summed E-state index contributed by atoms with van der Waals surface area (Å²) in [7, 11) is 0. The van der Waals surface area contributed by atoms with E-state index in [2.05, 4.69) is 12.2 Å². The molecule has 1 amide bonds. The third-order valence-electron chi connectivity index (χ3n) is 4.86. The van der Waals surface area contributed by atoms with E-state index in [4.69, 9.17) is 0 Å². The summed E-state index contributed by atoms with van der Waals surface area (Å²) < 4.78 is 0.691. The lowest BCUT2D eigenvalue weighted by Gasteiger charge is -2.28. The van der Waals surface area contributed by atoms with Crippen LogP contribution in [0.2, 0.25) is 0 Å². The van der Waals surface area contributed by atoms with Crippen LogP contribution >= 0.6 is 0 Å². The van der Waals surface area contributed by atoms with Crippen molar-refractivity contribution < 1.29 is 9.52 Å². The normalized spacial score (nSPS) is 30.3. The number of pyridine rings is 1. The molecule has 4 nitrogen and oxygen atoms in total. The summed E-state index contributed by atoms with van der Waals surface area (Å²) in [4.78, 5) is 12.1. The molecule has 1 N–H and O–H groups in total. The Kier molecular flexibility index (Phi) is 3.17. The fourth-order valence-corrected chi connectivity index (χ4v) is 3.87. The summed E-state index contributed by atoms with van der Waals surface area (Å²) in [6.07, 6.45) is 8.04. The summed E-state index contributed by atoms with van der Waals surface area (Å²) in [5.74, 6) is 2.26. The number of hydrogen-bond donors (Lipinski definition) is 1. The molecule has 0 aliphatic heterocycles. The molecule has 2 fully saturated rings. The number of aromatic nitrogens is 1. The van der Waals surface area contributed by atoms with E-state index < -0.39 is 0 Å². The van der Waals surface area contributed by atoms with Gasteiger partial charge in [0.05, 0.1) is 5.56 Å². The van der Waals surface area contributed by atoms with Gasteiger partial charge in [0.1, 0.15) is 0 Å². The van der Waals surface area contributed by atoms with Crippen molar-refractivity contribution >= 4 is 5.91 Å². The largest absolute Gasteiger partial charge is 0.619 e. The van der Waals surface area contributed by atoms with Gasteiger partial charge in [-0.25, -0.2) is 0 Å². The quantitative estimate of drug-likeness (QED) is 0.666. The summed E-state index contributed by atoms with van der Waals surface area (Å²) in [6, 6.07) is 3.36. The molecule has 2 bridgehead atoms. The van der Waals surface area contributed by atoms with Gasteiger partial charge in [-0.15, -0.1) is 0 Å². The molecule has 1 aromatic heterocycles. The van der Waals surface area contributed by atoms with Crippen LogP contribution in [0.3, 0.4) is 0 Å². The van der Waals surface area contributed by atoms with Crippen LogP contribution in [-0.2, 0) is 0 Å². The van der Waals surface area contributed by atoms with Crippen molar-refractivity contribution in [3.63, 3.8) is 0 Å². The van der Waals surface area contributed by atoms with Gasteiger partial charge in [0.25, 0.3) is 5.91 Å². The van der Waals surface area contributed by atoms with Crippen molar-refractivity contribution in [2.45, 2.75) is 38.6 Å². The molecular formula is C15H20N2O2. The van der Waals surface area contributed by atoms with Crippen molar-refractivity contribution in [1.29, 1.82) is 0 Å². The second-order valence-corrected chi connectivity index (χ2v) is 6.05. The van der Waals surface area contributed by atoms with Gasteiger partial charge in [-0.1, -0.05) is 6.42 Å². The molecule has 0 radical (unpaired) electrons. The molecule has 2 aliphatic rings. The van der Waals surface area contributed by atoms with Gasteiger partial charge in [0, 0.05) is 18.2 Å². The Balaban J connectivity index is 1.61. The Bertz CT molecular complexity index is 472. The molecule has 1 aromatic rings. The lowest BCUT2D eigenvalue weighted by molar-refractivity contribution is -0.605. The Morgan fingerprint density at radius 3 is 2.68 bits per heavy atom. The van der Waals surface area contributed by atoms with Gasteiger partial charge in [0.15, 0.2) is 12.4 Å². The fourth-order valence-electron chi connectivity index (χ4n) is 3.87. The lowest BCUT2D eigenvalue weighted by Crippen LogP contribution is -2.40. The van der Waals surface area contributed by atoms with E-state index in [0.717, 1.165) is 11.8 Å². The Hall–Kier alpha value is -1.58. The van der Waals surface area contributed by atoms with Gasteiger partial charge in [0.2, 0.25) is 0 Å². The monoisotopic (exact) mass is 260 g/mol. The smallest absolute Gasteiger partial charge is 0.251 e. The van der Waals surface area contributed by atoms with Gasteiger partial charge >= 0.3 is 0 Å². The van der Waals surface area contributed by atoms with Crippen molar-refractivity contribution in [1.82, 2.24) is 5.32 Å². The number of nitrogens with zero attached hydrogens (tertiary/aromatic N) is 1. The highest BCUT2D eigenvalue weighted by Crippen LogP contribution is 2.49. The molecule has 3 rings (SSSR count). The predicted molar refractivity (Wildman–Crippen MR) is 71.3 cm³/mol. The van der Waals surface area contributed by atoms with E-state index in [0.29, 0.717) is 16.2 Å². The molecule has 2 aliphatic carbocycles. The maximum Gasteiger partial charge on any atom is 0.251 e. The first kappa shape index (κ1) is 12.5. The highest BCUT2D eigenvalue weighted by molar-refractivity contribution is 5.94. The first-order valence-corrected chi connectivity index (χ1v) is 7.13. The predicted octanol–water partition coefficient (Wildman–Crippen LogP) is 1.87. The zero-order valence-corrected chi connectivity index (χ0v) is 11.2. The minimum absolute atomic E-state index is 0.0733. The number of rotatable bonds is 3. The topological polar surface area (TPSA) is 56.0 Å². The van der Waals surface area contributed by atoms with E-state index in [9.17, 15) is 10.0 Å². The van der Waals surface area contributed by atoms with Gasteiger partial charge < -0.3 is 10.5 Å². The van der Waals surface area contributed by atoms with Crippen LogP contribution in [0, 0.1) is 23.0 Å². The van der Waals surface area contributed by atoms with Crippen LogP contribution < -0.4 is 10.0 Å². The standard InChI is InChI=1S/C15H20N2O2/c1-10(14-9-11-2-3-13(14)8-11)16-15(18)12-4-6-17(19)7-5-12/h4-7,10-11,13-14H,2-3,8-9H2,1H3,(H,16,18)/t10-,11-,13-,14-/m0/s1. The van der Waals surface area contributed by atoms with Crippen LogP contribution in [-0.4, -0.2) is 11.9 Å². The van der Waals surface area contributed by atoms with E-state index in [1.807, 2.05) is 0 Å².